The Morgan fingerprint density at radius 1 is 1.06 bits per heavy atom. The topological polar surface area (TPSA) is 0 Å². The maximum Gasteiger partial charge on any atom is -0.0228 e. The third kappa shape index (κ3) is 2.55. The van der Waals surface area contributed by atoms with Gasteiger partial charge >= 0.3 is 0 Å². The van der Waals surface area contributed by atoms with Crippen LogP contribution < -0.4 is 0 Å². The second-order valence-electron chi connectivity index (χ2n) is 5.93. The molecule has 0 heterocycles. The normalized spacial score (nSPS) is 21.7. The lowest BCUT2D eigenvalue weighted by Crippen LogP contribution is -2.21. The van der Waals surface area contributed by atoms with E-state index in [0.29, 0.717) is 5.41 Å². The summed E-state index contributed by atoms with van der Waals surface area (Å²) in [7, 11) is 0. The summed E-state index contributed by atoms with van der Waals surface area (Å²) in [5.41, 5.74) is 3.41. The number of allylic oxidation sites excluding steroid dienone is 2. The van der Waals surface area contributed by atoms with Crippen LogP contribution in [0.5, 0.6) is 0 Å². The number of hydrogen-bond donors (Lipinski definition) is 0. The van der Waals surface area contributed by atoms with E-state index in [2.05, 4.69) is 57.2 Å². The van der Waals surface area contributed by atoms with Crippen molar-refractivity contribution < 1.29 is 0 Å². The summed E-state index contributed by atoms with van der Waals surface area (Å²) in [6.45, 7) is 7.08. The maximum atomic E-state index is 2.45. The fourth-order valence-electron chi connectivity index (χ4n) is 2.54. The van der Waals surface area contributed by atoms with Gasteiger partial charge in [-0.15, -0.1) is 0 Å². The largest absolute Gasteiger partial charge is 0.0804 e. The van der Waals surface area contributed by atoms with Crippen molar-refractivity contribution in [3.63, 3.8) is 0 Å². The zero-order valence-electron chi connectivity index (χ0n) is 10.7. The first-order chi connectivity index (χ1) is 7.57. The first-order valence-corrected chi connectivity index (χ1v) is 6.32. The van der Waals surface area contributed by atoms with Gasteiger partial charge < -0.3 is 0 Å². The van der Waals surface area contributed by atoms with Crippen molar-refractivity contribution in [3.05, 3.63) is 42.0 Å². The molecule has 0 spiro atoms. The predicted octanol–water partition coefficient (Wildman–Crippen LogP) is 4.92. The van der Waals surface area contributed by atoms with Crippen molar-refractivity contribution in [1.82, 2.24) is 0 Å². The van der Waals surface area contributed by atoms with Crippen LogP contribution in [0.25, 0.3) is 5.57 Å². The van der Waals surface area contributed by atoms with Gasteiger partial charge in [-0.25, -0.2) is 0 Å². The Hall–Kier alpha value is -1.04. The number of benzene rings is 1. The van der Waals surface area contributed by atoms with E-state index in [9.17, 15) is 0 Å². The van der Waals surface area contributed by atoms with Crippen molar-refractivity contribution in [2.75, 3.05) is 0 Å². The summed E-state index contributed by atoms with van der Waals surface area (Å²) in [5, 5.41) is 0. The smallest absolute Gasteiger partial charge is 0.0228 e. The Kier molecular flexibility index (Phi) is 3.18. The summed E-state index contributed by atoms with van der Waals surface area (Å²) in [5.74, 6) is 0.847. The summed E-state index contributed by atoms with van der Waals surface area (Å²) in [6, 6.07) is 10.8. The van der Waals surface area contributed by atoms with Gasteiger partial charge in [0.1, 0.15) is 0 Å². The van der Waals surface area contributed by atoms with Crippen LogP contribution in [-0.2, 0) is 0 Å². The van der Waals surface area contributed by atoms with Gasteiger partial charge in [0.2, 0.25) is 0 Å². The first kappa shape index (κ1) is 11.4. The molecular weight excluding hydrogens is 192 g/mol. The fraction of sp³-hybridized carbons (Fsp3) is 0.500. The molecule has 0 unspecified atom stereocenters. The Morgan fingerprint density at radius 3 is 2.25 bits per heavy atom. The molecule has 1 atom stereocenters. The van der Waals surface area contributed by atoms with Gasteiger partial charge in [-0.3, -0.25) is 0 Å². The summed E-state index contributed by atoms with van der Waals surface area (Å²) >= 11 is 0. The summed E-state index contributed by atoms with van der Waals surface area (Å²) in [6.07, 6.45) is 6.28. The fourth-order valence-corrected chi connectivity index (χ4v) is 2.54. The predicted molar refractivity (Wildman–Crippen MR) is 71.2 cm³/mol. The minimum atomic E-state index is 0.457. The van der Waals surface area contributed by atoms with Crippen LogP contribution in [0.3, 0.4) is 0 Å². The molecule has 0 N–H and O–H groups in total. The highest BCUT2D eigenvalue weighted by atomic mass is 14.3. The van der Waals surface area contributed by atoms with E-state index in [-0.39, 0.29) is 0 Å². The SMILES string of the molecule is CC(C)(C)[C@@H]1CC=C(c2ccccc2)CC1. The Labute approximate surface area is 99.4 Å². The molecular formula is C16H22. The summed E-state index contributed by atoms with van der Waals surface area (Å²) in [4.78, 5) is 0. The standard InChI is InChI=1S/C16H22/c1-16(2,3)15-11-9-14(10-12-15)13-7-5-4-6-8-13/h4-9,15H,10-12H2,1-3H3/t15-/m1/s1. The average Bonchev–Trinajstić information content (AvgIpc) is 2.29. The third-order valence-corrected chi connectivity index (χ3v) is 3.78. The molecule has 1 aromatic rings. The molecule has 0 heteroatoms. The number of rotatable bonds is 1. The molecule has 0 nitrogen and oxygen atoms in total. The van der Waals surface area contributed by atoms with E-state index in [1.807, 2.05) is 0 Å². The van der Waals surface area contributed by atoms with Crippen LogP contribution in [0.2, 0.25) is 0 Å². The minimum Gasteiger partial charge on any atom is -0.0804 e. The molecule has 0 aromatic heterocycles. The average molecular weight is 214 g/mol. The Morgan fingerprint density at radius 2 is 1.75 bits per heavy atom. The molecule has 1 aromatic carbocycles. The van der Waals surface area contributed by atoms with Crippen LogP contribution >= 0.6 is 0 Å². The highest BCUT2D eigenvalue weighted by Gasteiger charge is 2.26. The molecule has 0 radical (unpaired) electrons. The molecule has 1 aliphatic carbocycles. The monoisotopic (exact) mass is 214 g/mol. The Balaban J connectivity index is 2.10. The first-order valence-electron chi connectivity index (χ1n) is 6.32. The van der Waals surface area contributed by atoms with Crippen molar-refractivity contribution in [2.45, 2.75) is 40.0 Å². The molecule has 2 rings (SSSR count). The lowest BCUT2D eigenvalue weighted by molar-refractivity contribution is 0.225. The highest BCUT2D eigenvalue weighted by molar-refractivity contribution is 5.66. The molecule has 0 saturated heterocycles. The van der Waals surface area contributed by atoms with Gasteiger partial charge in [-0.05, 0) is 41.7 Å². The van der Waals surface area contributed by atoms with Crippen molar-refractivity contribution in [3.8, 4) is 0 Å². The molecule has 0 saturated carbocycles. The second-order valence-corrected chi connectivity index (χ2v) is 5.93. The third-order valence-electron chi connectivity index (χ3n) is 3.78. The lowest BCUT2D eigenvalue weighted by atomic mass is 9.72. The van der Waals surface area contributed by atoms with Gasteiger partial charge in [0.15, 0.2) is 0 Å². The maximum absolute atomic E-state index is 2.45. The van der Waals surface area contributed by atoms with Crippen LogP contribution in [0.1, 0.15) is 45.6 Å². The molecule has 1 aliphatic rings. The van der Waals surface area contributed by atoms with E-state index in [1.54, 1.807) is 5.57 Å². The minimum absolute atomic E-state index is 0.457. The van der Waals surface area contributed by atoms with E-state index < -0.39 is 0 Å². The molecule has 0 fully saturated rings. The zero-order valence-corrected chi connectivity index (χ0v) is 10.7. The van der Waals surface area contributed by atoms with Gasteiger partial charge in [-0.1, -0.05) is 57.2 Å². The van der Waals surface area contributed by atoms with Crippen molar-refractivity contribution in [2.24, 2.45) is 11.3 Å². The second kappa shape index (κ2) is 4.45. The van der Waals surface area contributed by atoms with E-state index in [1.165, 1.54) is 24.8 Å². The number of hydrogen-bond acceptors (Lipinski definition) is 0. The molecule has 0 amide bonds. The van der Waals surface area contributed by atoms with Crippen LogP contribution in [0.4, 0.5) is 0 Å². The van der Waals surface area contributed by atoms with E-state index in [4.69, 9.17) is 0 Å². The lowest BCUT2D eigenvalue weighted by Gasteiger charge is -2.33. The van der Waals surface area contributed by atoms with Crippen molar-refractivity contribution >= 4 is 5.57 Å². The van der Waals surface area contributed by atoms with Gasteiger partial charge in [0, 0.05) is 0 Å². The molecule has 0 aliphatic heterocycles. The highest BCUT2D eigenvalue weighted by Crippen LogP contribution is 2.39. The van der Waals surface area contributed by atoms with Gasteiger partial charge in [-0.2, -0.15) is 0 Å². The van der Waals surface area contributed by atoms with Crippen LogP contribution in [0, 0.1) is 11.3 Å². The van der Waals surface area contributed by atoms with Crippen LogP contribution in [0.15, 0.2) is 36.4 Å². The zero-order chi connectivity index (χ0) is 11.6. The van der Waals surface area contributed by atoms with E-state index in [0.717, 1.165) is 5.92 Å². The molecule has 16 heavy (non-hydrogen) atoms. The summed E-state index contributed by atoms with van der Waals surface area (Å²) < 4.78 is 0. The van der Waals surface area contributed by atoms with Gasteiger partial charge in [0.25, 0.3) is 0 Å². The van der Waals surface area contributed by atoms with E-state index >= 15 is 0 Å². The van der Waals surface area contributed by atoms with Gasteiger partial charge in [0.05, 0.1) is 0 Å². The molecule has 86 valence electrons. The van der Waals surface area contributed by atoms with Crippen molar-refractivity contribution in [1.29, 1.82) is 0 Å². The quantitative estimate of drug-likeness (QED) is 0.622. The Bertz CT molecular complexity index is 365. The van der Waals surface area contributed by atoms with Crippen LogP contribution in [-0.4, -0.2) is 0 Å². The molecule has 0 bridgehead atoms.